The summed E-state index contributed by atoms with van der Waals surface area (Å²) in [6.07, 6.45) is 0. The first kappa shape index (κ1) is 17.5. The zero-order valence-corrected chi connectivity index (χ0v) is 14.6. The van der Waals surface area contributed by atoms with Gasteiger partial charge in [0.2, 0.25) is 5.88 Å². The number of anilines is 1. The highest BCUT2D eigenvalue weighted by Gasteiger charge is 2.09. The number of amides is 1. The predicted molar refractivity (Wildman–Crippen MR) is 91.4 cm³/mol. The van der Waals surface area contributed by atoms with E-state index in [4.69, 9.17) is 27.9 Å². The molecule has 122 valence electrons. The van der Waals surface area contributed by atoms with Crippen molar-refractivity contribution in [2.24, 2.45) is 0 Å². The molecule has 0 radical (unpaired) electrons. The van der Waals surface area contributed by atoms with Crippen LogP contribution in [0.15, 0.2) is 24.3 Å². The fourth-order valence-corrected chi connectivity index (χ4v) is 2.38. The molecule has 7 heteroatoms. The Morgan fingerprint density at radius 3 is 2.43 bits per heavy atom. The minimum atomic E-state index is -0.328. The van der Waals surface area contributed by atoms with E-state index in [9.17, 15) is 4.79 Å². The molecule has 5 nitrogen and oxygen atoms in total. The van der Waals surface area contributed by atoms with E-state index in [-0.39, 0.29) is 18.4 Å². The van der Waals surface area contributed by atoms with Crippen LogP contribution >= 0.6 is 23.2 Å². The second kappa shape index (κ2) is 7.62. The monoisotopic (exact) mass is 353 g/mol. The van der Waals surface area contributed by atoms with Crippen LogP contribution in [0, 0.1) is 6.92 Å². The molecule has 1 aromatic carbocycles. The Morgan fingerprint density at radius 1 is 1.17 bits per heavy atom. The summed E-state index contributed by atoms with van der Waals surface area (Å²) in [6.45, 7) is 5.68. The normalized spacial score (nSPS) is 10.7. The van der Waals surface area contributed by atoms with Crippen LogP contribution in [-0.4, -0.2) is 22.5 Å². The van der Waals surface area contributed by atoms with E-state index >= 15 is 0 Å². The van der Waals surface area contributed by atoms with Gasteiger partial charge in [-0.3, -0.25) is 4.79 Å². The van der Waals surface area contributed by atoms with Gasteiger partial charge in [0, 0.05) is 33.4 Å². The van der Waals surface area contributed by atoms with Gasteiger partial charge in [0.1, 0.15) is 5.82 Å². The second-order valence-corrected chi connectivity index (χ2v) is 6.23. The molecule has 1 N–H and O–H groups in total. The Bertz CT molecular complexity index is 700. The molecule has 0 unspecified atom stereocenters. The molecule has 2 rings (SSSR count). The van der Waals surface area contributed by atoms with Crippen LogP contribution in [0.25, 0.3) is 0 Å². The summed E-state index contributed by atoms with van der Waals surface area (Å²) in [5.41, 5.74) is 1.30. The summed E-state index contributed by atoms with van der Waals surface area (Å²) < 4.78 is 5.44. The Hall–Kier alpha value is -1.85. The van der Waals surface area contributed by atoms with E-state index < -0.39 is 0 Å². The highest BCUT2D eigenvalue weighted by Crippen LogP contribution is 2.22. The van der Waals surface area contributed by atoms with Crippen LogP contribution in [0.1, 0.15) is 31.3 Å². The predicted octanol–water partition coefficient (Wildman–Crippen LogP) is 4.23. The van der Waals surface area contributed by atoms with Crippen LogP contribution < -0.4 is 10.1 Å². The molecule has 2 aromatic rings. The van der Waals surface area contributed by atoms with E-state index in [1.165, 1.54) is 0 Å². The molecule has 1 amide bonds. The first-order valence-corrected chi connectivity index (χ1v) is 7.83. The molecule has 0 atom stereocenters. The number of aryl methyl sites for hydroxylation is 1. The number of rotatable bonds is 5. The number of ether oxygens (including phenoxy) is 1. The number of aromatic nitrogens is 2. The van der Waals surface area contributed by atoms with Gasteiger partial charge in [0.05, 0.1) is 0 Å². The summed E-state index contributed by atoms with van der Waals surface area (Å²) in [5.74, 6) is 0.910. The smallest absolute Gasteiger partial charge is 0.262 e. The highest BCUT2D eigenvalue weighted by atomic mass is 35.5. The number of nitrogens with zero attached hydrogens (tertiary/aromatic N) is 2. The van der Waals surface area contributed by atoms with E-state index in [0.717, 1.165) is 5.69 Å². The molecule has 23 heavy (non-hydrogen) atoms. The molecule has 0 fully saturated rings. The number of nitrogens with one attached hydrogen (secondary N) is 1. The molecule has 1 aromatic heterocycles. The molecule has 0 saturated heterocycles. The minimum absolute atomic E-state index is 0.169. The Labute approximate surface area is 145 Å². The van der Waals surface area contributed by atoms with E-state index in [2.05, 4.69) is 15.3 Å². The summed E-state index contributed by atoms with van der Waals surface area (Å²) in [7, 11) is 0. The number of carbonyl (C=O) groups is 1. The van der Waals surface area contributed by atoms with Gasteiger partial charge in [0.15, 0.2) is 6.61 Å². The number of hydrogen-bond acceptors (Lipinski definition) is 4. The molecule has 0 spiro atoms. The van der Waals surface area contributed by atoms with Crippen LogP contribution in [-0.2, 0) is 4.79 Å². The zero-order chi connectivity index (χ0) is 17.0. The maximum Gasteiger partial charge on any atom is 0.262 e. The Morgan fingerprint density at radius 2 is 1.83 bits per heavy atom. The summed E-state index contributed by atoms with van der Waals surface area (Å²) in [6, 6.07) is 6.50. The van der Waals surface area contributed by atoms with Gasteiger partial charge in [-0.25, -0.2) is 4.98 Å². The topological polar surface area (TPSA) is 64.1 Å². The van der Waals surface area contributed by atoms with Gasteiger partial charge >= 0.3 is 0 Å². The van der Waals surface area contributed by atoms with Crippen molar-refractivity contribution in [1.82, 2.24) is 9.97 Å². The second-order valence-electron chi connectivity index (χ2n) is 5.36. The number of carbonyl (C=O) groups excluding carboxylic acids is 1. The van der Waals surface area contributed by atoms with E-state index in [0.29, 0.717) is 27.4 Å². The van der Waals surface area contributed by atoms with E-state index in [1.807, 2.05) is 20.8 Å². The van der Waals surface area contributed by atoms with Crippen LogP contribution in [0.4, 0.5) is 5.69 Å². The van der Waals surface area contributed by atoms with Crippen molar-refractivity contribution in [2.45, 2.75) is 26.7 Å². The third-order valence-corrected chi connectivity index (χ3v) is 3.30. The maximum atomic E-state index is 11.9. The van der Waals surface area contributed by atoms with Gasteiger partial charge in [-0.1, -0.05) is 37.0 Å². The van der Waals surface area contributed by atoms with Crippen LogP contribution in [0.2, 0.25) is 10.0 Å². The summed E-state index contributed by atoms with van der Waals surface area (Å²) in [4.78, 5) is 20.6. The molecule has 0 saturated carbocycles. The van der Waals surface area contributed by atoms with Crippen molar-refractivity contribution in [1.29, 1.82) is 0 Å². The van der Waals surface area contributed by atoms with E-state index in [1.54, 1.807) is 24.3 Å². The standard InChI is InChI=1S/C16H17Cl2N3O2/c1-9(2)16-19-10(3)4-15(21-16)23-8-14(22)20-13-6-11(17)5-12(18)7-13/h4-7,9H,8H2,1-3H3,(H,20,22). The lowest BCUT2D eigenvalue weighted by Gasteiger charge is -2.10. The molecule has 0 bridgehead atoms. The minimum Gasteiger partial charge on any atom is -0.467 e. The van der Waals surface area contributed by atoms with Crippen molar-refractivity contribution in [3.8, 4) is 5.88 Å². The fraction of sp³-hybridized carbons (Fsp3) is 0.312. The zero-order valence-electron chi connectivity index (χ0n) is 13.1. The average molecular weight is 354 g/mol. The summed E-state index contributed by atoms with van der Waals surface area (Å²) in [5, 5.41) is 3.56. The highest BCUT2D eigenvalue weighted by molar-refractivity contribution is 6.35. The first-order valence-electron chi connectivity index (χ1n) is 7.08. The van der Waals surface area contributed by atoms with Gasteiger partial charge < -0.3 is 10.1 Å². The SMILES string of the molecule is Cc1cc(OCC(=O)Nc2cc(Cl)cc(Cl)c2)nc(C(C)C)n1. The lowest BCUT2D eigenvalue weighted by molar-refractivity contribution is -0.118. The van der Waals surface area contributed by atoms with Gasteiger partial charge in [-0.15, -0.1) is 0 Å². The lowest BCUT2D eigenvalue weighted by Crippen LogP contribution is -2.20. The van der Waals surface area contributed by atoms with Crippen LogP contribution in [0.5, 0.6) is 5.88 Å². The average Bonchev–Trinajstić information content (AvgIpc) is 2.43. The largest absolute Gasteiger partial charge is 0.467 e. The van der Waals surface area contributed by atoms with Crippen molar-refractivity contribution in [3.05, 3.63) is 45.8 Å². The molecular weight excluding hydrogens is 337 g/mol. The Balaban J connectivity index is 1.99. The maximum absolute atomic E-state index is 11.9. The van der Waals surface area contributed by atoms with Gasteiger partial charge in [-0.2, -0.15) is 4.98 Å². The third-order valence-electron chi connectivity index (χ3n) is 2.86. The molecule has 0 aliphatic rings. The molecule has 0 aliphatic carbocycles. The summed E-state index contributed by atoms with van der Waals surface area (Å²) >= 11 is 11.8. The van der Waals surface area contributed by atoms with Gasteiger partial charge in [0.25, 0.3) is 5.91 Å². The van der Waals surface area contributed by atoms with Gasteiger partial charge in [-0.05, 0) is 25.1 Å². The molecular formula is C16H17Cl2N3O2. The number of hydrogen-bond donors (Lipinski definition) is 1. The lowest BCUT2D eigenvalue weighted by atomic mass is 10.2. The number of halogens is 2. The Kier molecular flexibility index (Phi) is 5.80. The van der Waals surface area contributed by atoms with Crippen molar-refractivity contribution in [3.63, 3.8) is 0 Å². The van der Waals surface area contributed by atoms with Crippen LogP contribution in [0.3, 0.4) is 0 Å². The molecule has 0 aliphatic heterocycles. The third kappa shape index (κ3) is 5.37. The van der Waals surface area contributed by atoms with Crippen molar-refractivity contribution < 1.29 is 9.53 Å². The van der Waals surface area contributed by atoms with Crippen molar-refractivity contribution >= 4 is 34.8 Å². The molecule has 1 heterocycles. The quantitative estimate of drug-likeness (QED) is 0.873. The first-order chi connectivity index (χ1) is 10.8. The number of benzene rings is 1. The fourth-order valence-electron chi connectivity index (χ4n) is 1.86. The van der Waals surface area contributed by atoms with Crippen molar-refractivity contribution in [2.75, 3.05) is 11.9 Å².